The van der Waals surface area contributed by atoms with Gasteiger partial charge in [0.05, 0.1) is 13.0 Å². The average Bonchev–Trinajstić information content (AvgIpc) is 1.83. The normalized spacial score (nSPS) is 8.75. The standard InChI is InChI=1S/C5H13N3/c1-3-7-5-8(2)4-6/h4,6-7H,3,5H2,1-2H3. The topological polar surface area (TPSA) is 39.1 Å². The van der Waals surface area contributed by atoms with Crippen LogP contribution in [0.3, 0.4) is 0 Å². The molecule has 0 rings (SSSR count). The summed E-state index contributed by atoms with van der Waals surface area (Å²) in [6.45, 7) is 3.76. The molecule has 0 amide bonds. The Morgan fingerprint density at radius 3 is 2.75 bits per heavy atom. The Balaban J connectivity index is 2.98. The van der Waals surface area contributed by atoms with Crippen molar-refractivity contribution in [3.05, 3.63) is 0 Å². The number of hydrogen-bond donors (Lipinski definition) is 2. The molecule has 0 aliphatic carbocycles. The molecule has 3 nitrogen and oxygen atoms in total. The van der Waals surface area contributed by atoms with Gasteiger partial charge in [0.2, 0.25) is 0 Å². The summed E-state index contributed by atoms with van der Waals surface area (Å²) in [6, 6.07) is 0. The van der Waals surface area contributed by atoms with Crippen molar-refractivity contribution in [2.45, 2.75) is 6.92 Å². The Hall–Kier alpha value is -0.570. The summed E-state index contributed by atoms with van der Waals surface area (Å²) in [5, 5.41) is 9.82. The molecule has 0 saturated carbocycles. The summed E-state index contributed by atoms with van der Waals surface area (Å²) in [6.07, 6.45) is 1.29. The number of rotatable bonds is 4. The van der Waals surface area contributed by atoms with Crippen molar-refractivity contribution in [2.24, 2.45) is 0 Å². The first-order chi connectivity index (χ1) is 3.81. The van der Waals surface area contributed by atoms with Crippen LogP contribution in [0.1, 0.15) is 6.92 Å². The van der Waals surface area contributed by atoms with Crippen molar-refractivity contribution in [3.8, 4) is 0 Å². The van der Waals surface area contributed by atoms with E-state index in [4.69, 9.17) is 5.41 Å². The van der Waals surface area contributed by atoms with Gasteiger partial charge in [-0.25, -0.2) is 0 Å². The van der Waals surface area contributed by atoms with Gasteiger partial charge in [0, 0.05) is 7.05 Å². The maximum atomic E-state index is 6.75. The molecule has 0 spiro atoms. The minimum atomic E-state index is 0.764. The molecule has 8 heavy (non-hydrogen) atoms. The van der Waals surface area contributed by atoms with Crippen LogP contribution in [-0.4, -0.2) is 31.5 Å². The van der Waals surface area contributed by atoms with Crippen molar-refractivity contribution in [1.29, 1.82) is 5.41 Å². The first-order valence-corrected chi connectivity index (χ1v) is 2.72. The van der Waals surface area contributed by atoms with Crippen molar-refractivity contribution < 1.29 is 0 Å². The molecular weight excluding hydrogens is 102 g/mol. The first-order valence-electron chi connectivity index (χ1n) is 2.72. The van der Waals surface area contributed by atoms with Crippen molar-refractivity contribution in [2.75, 3.05) is 20.3 Å². The van der Waals surface area contributed by atoms with E-state index >= 15 is 0 Å². The van der Waals surface area contributed by atoms with Crippen LogP contribution in [0.25, 0.3) is 0 Å². The first kappa shape index (κ1) is 7.43. The minimum Gasteiger partial charge on any atom is -0.353 e. The molecule has 0 aromatic carbocycles. The van der Waals surface area contributed by atoms with Gasteiger partial charge >= 0.3 is 0 Å². The van der Waals surface area contributed by atoms with E-state index in [1.165, 1.54) is 6.34 Å². The molecule has 0 saturated heterocycles. The van der Waals surface area contributed by atoms with Crippen LogP contribution in [0.4, 0.5) is 0 Å². The maximum absolute atomic E-state index is 6.75. The van der Waals surface area contributed by atoms with E-state index in [1.54, 1.807) is 4.90 Å². The summed E-state index contributed by atoms with van der Waals surface area (Å²) >= 11 is 0. The summed E-state index contributed by atoms with van der Waals surface area (Å²) in [5.41, 5.74) is 0. The molecule has 0 atom stereocenters. The zero-order valence-electron chi connectivity index (χ0n) is 5.44. The zero-order chi connectivity index (χ0) is 6.41. The summed E-state index contributed by atoms with van der Waals surface area (Å²) in [5.74, 6) is 0. The second-order valence-corrected chi connectivity index (χ2v) is 1.65. The fraction of sp³-hybridized carbons (Fsp3) is 0.800. The van der Waals surface area contributed by atoms with Gasteiger partial charge in [-0.15, -0.1) is 0 Å². The monoisotopic (exact) mass is 115 g/mol. The predicted octanol–water partition coefficient (Wildman–Crippen LogP) is 0.0923. The quantitative estimate of drug-likeness (QED) is 0.310. The van der Waals surface area contributed by atoms with Crippen molar-refractivity contribution >= 4 is 6.34 Å². The number of nitrogens with one attached hydrogen (secondary N) is 2. The maximum Gasteiger partial charge on any atom is 0.0825 e. The molecular formula is C5H13N3. The average molecular weight is 115 g/mol. The van der Waals surface area contributed by atoms with Crippen LogP contribution >= 0.6 is 0 Å². The number of nitrogens with zero attached hydrogens (tertiary/aromatic N) is 1. The lowest BCUT2D eigenvalue weighted by Gasteiger charge is -2.10. The Morgan fingerprint density at radius 2 is 2.38 bits per heavy atom. The van der Waals surface area contributed by atoms with E-state index in [0.29, 0.717) is 0 Å². The molecule has 0 aliphatic heterocycles. The Bertz CT molecular complexity index is 62.7. The molecule has 0 fully saturated rings. The van der Waals surface area contributed by atoms with Gasteiger partial charge in [-0.3, -0.25) is 5.41 Å². The van der Waals surface area contributed by atoms with Gasteiger partial charge in [-0.2, -0.15) is 0 Å². The molecule has 3 heteroatoms. The van der Waals surface area contributed by atoms with Gasteiger partial charge in [0.1, 0.15) is 0 Å². The molecule has 0 radical (unpaired) electrons. The van der Waals surface area contributed by atoms with Crippen LogP contribution in [0, 0.1) is 5.41 Å². The highest BCUT2D eigenvalue weighted by atomic mass is 15.2. The van der Waals surface area contributed by atoms with Crippen molar-refractivity contribution in [1.82, 2.24) is 10.2 Å². The fourth-order valence-electron chi connectivity index (χ4n) is 0.334. The molecule has 0 unspecified atom stereocenters. The highest BCUT2D eigenvalue weighted by Gasteiger charge is 1.83. The lowest BCUT2D eigenvalue weighted by atomic mass is 10.7. The summed E-state index contributed by atoms with van der Waals surface area (Å²) in [7, 11) is 1.86. The van der Waals surface area contributed by atoms with E-state index in [0.717, 1.165) is 13.2 Å². The second kappa shape index (κ2) is 4.59. The van der Waals surface area contributed by atoms with Crippen LogP contribution < -0.4 is 5.32 Å². The lowest BCUT2D eigenvalue weighted by molar-refractivity contribution is 0.462. The van der Waals surface area contributed by atoms with E-state index in [-0.39, 0.29) is 0 Å². The van der Waals surface area contributed by atoms with Crippen molar-refractivity contribution in [3.63, 3.8) is 0 Å². The van der Waals surface area contributed by atoms with E-state index < -0.39 is 0 Å². The molecule has 0 heterocycles. The zero-order valence-corrected chi connectivity index (χ0v) is 5.44. The molecule has 0 bridgehead atoms. The SMILES string of the molecule is CCNCN(C)C=N. The largest absolute Gasteiger partial charge is 0.353 e. The molecule has 2 N–H and O–H groups in total. The third-order valence-corrected chi connectivity index (χ3v) is 0.832. The van der Waals surface area contributed by atoms with Crippen LogP contribution in [0.2, 0.25) is 0 Å². The molecule has 0 aliphatic rings. The van der Waals surface area contributed by atoms with Gasteiger partial charge in [0.25, 0.3) is 0 Å². The lowest BCUT2D eigenvalue weighted by Crippen LogP contribution is -2.29. The highest BCUT2D eigenvalue weighted by molar-refractivity contribution is 5.49. The van der Waals surface area contributed by atoms with E-state index in [2.05, 4.69) is 5.32 Å². The van der Waals surface area contributed by atoms with Gasteiger partial charge in [-0.1, -0.05) is 6.92 Å². The van der Waals surface area contributed by atoms with Crippen LogP contribution in [-0.2, 0) is 0 Å². The number of hydrogen-bond acceptors (Lipinski definition) is 2. The van der Waals surface area contributed by atoms with E-state index in [9.17, 15) is 0 Å². The molecule has 48 valence electrons. The Kier molecular flexibility index (Phi) is 4.26. The van der Waals surface area contributed by atoms with Gasteiger partial charge < -0.3 is 10.2 Å². The predicted molar refractivity (Wildman–Crippen MR) is 35.1 cm³/mol. The minimum absolute atomic E-state index is 0.764. The third kappa shape index (κ3) is 3.61. The second-order valence-electron chi connectivity index (χ2n) is 1.65. The molecule has 0 aromatic heterocycles. The van der Waals surface area contributed by atoms with Gasteiger partial charge in [0.15, 0.2) is 0 Å². The highest BCUT2D eigenvalue weighted by Crippen LogP contribution is 1.66. The Labute approximate surface area is 50.2 Å². The fourth-order valence-corrected chi connectivity index (χ4v) is 0.334. The summed E-state index contributed by atoms with van der Waals surface area (Å²) < 4.78 is 0. The molecule has 0 aromatic rings. The smallest absolute Gasteiger partial charge is 0.0825 e. The van der Waals surface area contributed by atoms with Crippen LogP contribution in [0.15, 0.2) is 0 Å². The third-order valence-electron chi connectivity index (χ3n) is 0.832. The van der Waals surface area contributed by atoms with E-state index in [1.807, 2.05) is 14.0 Å². The van der Waals surface area contributed by atoms with Crippen LogP contribution in [0.5, 0.6) is 0 Å². The van der Waals surface area contributed by atoms with Gasteiger partial charge in [-0.05, 0) is 6.54 Å². The Morgan fingerprint density at radius 1 is 1.75 bits per heavy atom. The summed E-state index contributed by atoms with van der Waals surface area (Å²) in [4.78, 5) is 1.77.